The van der Waals surface area contributed by atoms with Crippen molar-refractivity contribution in [1.82, 2.24) is 0 Å². The number of hydrogen-bond donors (Lipinski definition) is 2. The maximum absolute atomic E-state index is 12.0. The van der Waals surface area contributed by atoms with E-state index in [0.717, 1.165) is 6.07 Å². The Balaban J connectivity index is 2.26. The molecule has 0 heterocycles. The zero-order chi connectivity index (χ0) is 13.8. The van der Waals surface area contributed by atoms with Gasteiger partial charge in [-0.2, -0.15) is 0 Å². The third kappa shape index (κ3) is 2.77. The van der Waals surface area contributed by atoms with Crippen molar-refractivity contribution in [3.63, 3.8) is 0 Å². The van der Waals surface area contributed by atoms with Crippen molar-refractivity contribution in [2.45, 2.75) is 0 Å². The maximum atomic E-state index is 12.0. The van der Waals surface area contributed by atoms with Gasteiger partial charge in [-0.05, 0) is 24.3 Å². The predicted octanol–water partition coefficient (Wildman–Crippen LogP) is 2.33. The molecular formula is C14H12O5. The van der Waals surface area contributed by atoms with Crippen LogP contribution < -0.4 is 9.47 Å². The van der Waals surface area contributed by atoms with Crippen LogP contribution in [0.3, 0.4) is 0 Å². The number of ether oxygens (including phenoxy) is 2. The highest BCUT2D eigenvalue weighted by atomic mass is 16.5. The fourth-order valence-corrected chi connectivity index (χ4v) is 1.56. The number of methoxy groups -OCH3 is 1. The van der Waals surface area contributed by atoms with Gasteiger partial charge in [0.25, 0.3) is 0 Å². The summed E-state index contributed by atoms with van der Waals surface area (Å²) in [6.07, 6.45) is 0. The molecule has 0 radical (unpaired) electrons. The average molecular weight is 260 g/mol. The van der Waals surface area contributed by atoms with Crippen LogP contribution in [0.2, 0.25) is 0 Å². The molecule has 0 atom stereocenters. The van der Waals surface area contributed by atoms with Gasteiger partial charge in [0.2, 0.25) is 0 Å². The largest absolute Gasteiger partial charge is 0.508 e. The van der Waals surface area contributed by atoms with Crippen LogP contribution in [0.1, 0.15) is 10.4 Å². The number of esters is 1. The second kappa shape index (κ2) is 5.30. The Morgan fingerprint density at radius 2 is 1.79 bits per heavy atom. The molecule has 0 saturated heterocycles. The topological polar surface area (TPSA) is 76.0 Å². The Kier molecular flexibility index (Phi) is 3.56. The number of benzene rings is 2. The first-order chi connectivity index (χ1) is 9.11. The van der Waals surface area contributed by atoms with Gasteiger partial charge in [-0.25, -0.2) is 4.79 Å². The number of para-hydroxylation sites is 1. The van der Waals surface area contributed by atoms with Gasteiger partial charge < -0.3 is 19.7 Å². The van der Waals surface area contributed by atoms with Crippen LogP contribution >= 0.6 is 0 Å². The van der Waals surface area contributed by atoms with Gasteiger partial charge in [-0.3, -0.25) is 0 Å². The van der Waals surface area contributed by atoms with Gasteiger partial charge in [0, 0.05) is 6.07 Å². The van der Waals surface area contributed by atoms with Crippen molar-refractivity contribution in [1.29, 1.82) is 0 Å². The minimum absolute atomic E-state index is 0.0336. The average Bonchev–Trinajstić information content (AvgIpc) is 2.41. The summed E-state index contributed by atoms with van der Waals surface area (Å²) in [5.74, 6) is -0.740. The van der Waals surface area contributed by atoms with Gasteiger partial charge in [-0.1, -0.05) is 12.1 Å². The van der Waals surface area contributed by atoms with Crippen molar-refractivity contribution in [2.75, 3.05) is 7.11 Å². The molecule has 5 nitrogen and oxygen atoms in total. The smallest absolute Gasteiger partial charge is 0.347 e. The summed E-state index contributed by atoms with van der Waals surface area (Å²) in [7, 11) is 1.45. The third-order valence-corrected chi connectivity index (χ3v) is 2.47. The Bertz CT molecular complexity index is 607. The van der Waals surface area contributed by atoms with Crippen molar-refractivity contribution in [3.05, 3.63) is 48.0 Å². The van der Waals surface area contributed by atoms with E-state index in [4.69, 9.17) is 14.6 Å². The number of phenolic OH excluding ortho intramolecular Hbond substituents is 2. The highest BCUT2D eigenvalue weighted by molar-refractivity contribution is 5.94. The number of hydrogen-bond acceptors (Lipinski definition) is 5. The molecule has 2 rings (SSSR count). The summed E-state index contributed by atoms with van der Waals surface area (Å²) < 4.78 is 10.1. The van der Waals surface area contributed by atoms with Crippen LogP contribution in [0.4, 0.5) is 0 Å². The molecule has 0 fully saturated rings. The van der Waals surface area contributed by atoms with E-state index in [1.165, 1.54) is 19.2 Å². The minimum atomic E-state index is -0.654. The monoisotopic (exact) mass is 260 g/mol. The molecule has 2 aromatic carbocycles. The van der Waals surface area contributed by atoms with Gasteiger partial charge in [-0.15, -0.1) is 0 Å². The highest BCUT2D eigenvalue weighted by Crippen LogP contribution is 2.30. The van der Waals surface area contributed by atoms with Crippen molar-refractivity contribution < 1.29 is 24.5 Å². The summed E-state index contributed by atoms with van der Waals surface area (Å²) in [6.45, 7) is 0. The zero-order valence-electron chi connectivity index (χ0n) is 10.2. The molecule has 19 heavy (non-hydrogen) atoms. The van der Waals surface area contributed by atoms with E-state index in [-0.39, 0.29) is 22.8 Å². The number of carbonyl (C=O) groups is 1. The van der Waals surface area contributed by atoms with Gasteiger partial charge in [0.15, 0.2) is 11.5 Å². The summed E-state index contributed by atoms with van der Waals surface area (Å²) in [5.41, 5.74) is 0.248. The molecule has 0 bridgehead atoms. The van der Waals surface area contributed by atoms with E-state index in [1.807, 2.05) is 0 Å². The molecule has 0 aliphatic heterocycles. The van der Waals surface area contributed by atoms with E-state index in [2.05, 4.69) is 0 Å². The van der Waals surface area contributed by atoms with Crippen molar-refractivity contribution in [2.24, 2.45) is 0 Å². The Hall–Kier alpha value is -2.69. The predicted molar refractivity (Wildman–Crippen MR) is 67.7 cm³/mol. The van der Waals surface area contributed by atoms with E-state index in [0.29, 0.717) is 5.75 Å². The quantitative estimate of drug-likeness (QED) is 0.654. The van der Waals surface area contributed by atoms with Crippen molar-refractivity contribution >= 4 is 5.97 Å². The first kappa shape index (κ1) is 12.8. The van der Waals surface area contributed by atoms with Crippen LogP contribution in [0.5, 0.6) is 23.0 Å². The normalized spacial score (nSPS) is 9.95. The molecule has 5 heteroatoms. The second-order valence-corrected chi connectivity index (χ2v) is 3.74. The van der Waals surface area contributed by atoms with Crippen LogP contribution in [0, 0.1) is 0 Å². The maximum Gasteiger partial charge on any atom is 0.347 e. The zero-order valence-corrected chi connectivity index (χ0v) is 10.2. The van der Waals surface area contributed by atoms with E-state index in [9.17, 15) is 9.90 Å². The lowest BCUT2D eigenvalue weighted by molar-refractivity contribution is 0.0726. The molecule has 0 aliphatic carbocycles. The minimum Gasteiger partial charge on any atom is -0.508 e. The van der Waals surface area contributed by atoms with Crippen LogP contribution in [0.25, 0.3) is 0 Å². The van der Waals surface area contributed by atoms with E-state index in [1.54, 1.807) is 24.3 Å². The molecule has 2 N–H and O–H groups in total. The van der Waals surface area contributed by atoms with E-state index < -0.39 is 5.97 Å². The lowest BCUT2D eigenvalue weighted by atomic mass is 10.2. The lowest BCUT2D eigenvalue weighted by Gasteiger charge is -2.09. The molecule has 0 aliphatic rings. The van der Waals surface area contributed by atoms with Gasteiger partial charge in [0.1, 0.15) is 17.1 Å². The third-order valence-electron chi connectivity index (χ3n) is 2.47. The molecule has 0 saturated carbocycles. The SMILES string of the molecule is COc1ccccc1C(=O)Oc1ccc(O)cc1O. The Morgan fingerprint density at radius 3 is 2.47 bits per heavy atom. The fraction of sp³-hybridized carbons (Fsp3) is 0.0714. The molecule has 0 spiro atoms. The van der Waals surface area contributed by atoms with Crippen LogP contribution in [0.15, 0.2) is 42.5 Å². The summed E-state index contributed by atoms with van der Waals surface area (Å²) >= 11 is 0. The summed E-state index contributed by atoms with van der Waals surface area (Å²) in [6, 6.07) is 10.3. The molecule has 0 amide bonds. The lowest BCUT2D eigenvalue weighted by Crippen LogP contribution is -2.10. The Morgan fingerprint density at radius 1 is 1.05 bits per heavy atom. The van der Waals surface area contributed by atoms with Crippen LogP contribution in [-0.2, 0) is 0 Å². The number of rotatable bonds is 3. The second-order valence-electron chi connectivity index (χ2n) is 3.74. The highest BCUT2D eigenvalue weighted by Gasteiger charge is 2.15. The first-order valence-electron chi connectivity index (χ1n) is 5.49. The standard InChI is InChI=1S/C14H12O5/c1-18-12-5-3-2-4-10(12)14(17)19-13-7-6-9(15)8-11(13)16/h2-8,15-16H,1H3. The van der Waals surface area contributed by atoms with Crippen molar-refractivity contribution in [3.8, 4) is 23.0 Å². The molecule has 0 aromatic heterocycles. The summed E-state index contributed by atoms with van der Waals surface area (Å²) in [5, 5.41) is 18.7. The number of carbonyl (C=O) groups excluding carboxylic acids is 1. The van der Waals surface area contributed by atoms with E-state index >= 15 is 0 Å². The molecular weight excluding hydrogens is 248 g/mol. The number of aromatic hydroxyl groups is 2. The summed E-state index contributed by atoms with van der Waals surface area (Å²) in [4.78, 5) is 12.0. The fourth-order valence-electron chi connectivity index (χ4n) is 1.56. The van der Waals surface area contributed by atoms with Crippen LogP contribution in [-0.4, -0.2) is 23.3 Å². The molecule has 98 valence electrons. The Labute approximate surface area is 109 Å². The van der Waals surface area contributed by atoms with Gasteiger partial charge in [0.05, 0.1) is 7.11 Å². The van der Waals surface area contributed by atoms with Gasteiger partial charge >= 0.3 is 5.97 Å². The molecule has 0 unspecified atom stereocenters. The molecule has 2 aromatic rings. The number of phenols is 2. The first-order valence-corrected chi connectivity index (χ1v) is 5.49.